The van der Waals surface area contributed by atoms with Crippen molar-refractivity contribution in [1.82, 2.24) is 5.43 Å². The van der Waals surface area contributed by atoms with Crippen LogP contribution in [0.5, 0.6) is 0 Å². The number of amides is 1. The van der Waals surface area contributed by atoms with E-state index < -0.39 is 0 Å². The average Bonchev–Trinajstić information content (AvgIpc) is 2.94. The van der Waals surface area contributed by atoms with Gasteiger partial charge in [0.15, 0.2) is 0 Å². The van der Waals surface area contributed by atoms with Crippen LogP contribution in [0, 0.1) is 34.5 Å². The average molecular weight is 361 g/mol. The molecule has 4 nitrogen and oxygen atoms in total. The summed E-state index contributed by atoms with van der Waals surface area (Å²) in [5.74, 6) is 8.51. The topological polar surface area (TPSA) is 64.3 Å². The number of carbonyl (C=O) groups is 1. The highest BCUT2D eigenvalue weighted by Crippen LogP contribution is 2.66. The van der Waals surface area contributed by atoms with Crippen molar-refractivity contribution in [2.45, 2.75) is 78.2 Å². The van der Waals surface area contributed by atoms with Gasteiger partial charge in [-0.3, -0.25) is 10.2 Å². The molecule has 4 aliphatic rings. The minimum absolute atomic E-state index is 0.0615. The van der Waals surface area contributed by atoms with Crippen molar-refractivity contribution in [3.05, 3.63) is 11.6 Å². The van der Waals surface area contributed by atoms with Crippen LogP contribution in [0.2, 0.25) is 0 Å². The van der Waals surface area contributed by atoms with Crippen molar-refractivity contribution in [2.24, 2.45) is 40.3 Å². The Morgan fingerprint density at radius 2 is 2.00 bits per heavy atom. The molecule has 0 aliphatic heterocycles. The Morgan fingerprint density at radius 1 is 1.19 bits per heavy atom. The van der Waals surface area contributed by atoms with Crippen molar-refractivity contribution in [1.29, 1.82) is 0 Å². The Labute approximate surface area is 158 Å². The maximum atomic E-state index is 11.4. The van der Waals surface area contributed by atoms with Gasteiger partial charge in [-0.25, -0.2) is 5.84 Å². The lowest BCUT2D eigenvalue weighted by atomic mass is 9.47. The highest BCUT2D eigenvalue weighted by Gasteiger charge is 2.57. The zero-order chi connectivity index (χ0) is 18.5. The van der Waals surface area contributed by atoms with Gasteiger partial charge in [-0.1, -0.05) is 32.4 Å². The molecule has 0 bridgehead atoms. The summed E-state index contributed by atoms with van der Waals surface area (Å²) in [5, 5.41) is 0. The van der Waals surface area contributed by atoms with E-state index in [1.807, 2.05) is 0 Å². The molecule has 0 aromatic heterocycles. The van der Waals surface area contributed by atoms with E-state index in [1.54, 1.807) is 5.57 Å². The van der Waals surface area contributed by atoms with Crippen molar-refractivity contribution < 1.29 is 9.53 Å². The molecule has 6 unspecified atom stereocenters. The smallest absolute Gasteiger partial charge is 0.259 e. The van der Waals surface area contributed by atoms with E-state index in [1.165, 1.54) is 44.9 Å². The van der Waals surface area contributed by atoms with Crippen LogP contribution >= 0.6 is 0 Å². The second-order valence-electron chi connectivity index (χ2n) is 10.0. The van der Waals surface area contributed by atoms with Crippen LogP contribution in [0.25, 0.3) is 0 Å². The van der Waals surface area contributed by atoms with Crippen LogP contribution in [0.1, 0.15) is 72.1 Å². The van der Waals surface area contributed by atoms with Crippen LogP contribution in [-0.2, 0) is 9.53 Å². The molecule has 1 amide bonds. The summed E-state index contributed by atoms with van der Waals surface area (Å²) in [6.45, 7) is 7.67. The van der Waals surface area contributed by atoms with Crippen LogP contribution < -0.4 is 11.3 Å². The van der Waals surface area contributed by atoms with Crippen molar-refractivity contribution in [2.75, 3.05) is 6.61 Å². The number of fused-ring (bicyclic) bond motifs is 5. The molecule has 4 aliphatic carbocycles. The lowest BCUT2D eigenvalue weighted by Gasteiger charge is -2.58. The van der Waals surface area contributed by atoms with Crippen LogP contribution in [-0.4, -0.2) is 18.6 Å². The van der Waals surface area contributed by atoms with Gasteiger partial charge in [0.1, 0.15) is 6.61 Å². The standard InChI is InChI=1S/C22H36N2O2/c1-14-4-7-18-17-6-5-15-12-16(26-13-20(25)24-23)8-10-22(15,3)19(17)9-11-21(14,18)2/h12,14,16-19H,4-11,13,23H2,1-3H3,(H,24,25)/t14?,16-,17?,18?,19?,21?,22?/m1/s1. The summed E-state index contributed by atoms with van der Waals surface area (Å²) in [6, 6.07) is 0. The molecule has 146 valence electrons. The Bertz CT molecular complexity index is 603. The predicted octanol–water partition coefficient (Wildman–Crippen LogP) is 3.96. The fraction of sp³-hybridized carbons (Fsp3) is 0.864. The van der Waals surface area contributed by atoms with Gasteiger partial charge >= 0.3 is 0 Å². The predicted molar refractivity (Wildman–Crippen MR) is 103 cm³/mol. The highest BCUT2D eigenvalue weighted by molar-refractivity contribution is 5.76. The van der Waals surface area contributed by atoms with E-state index in [9.17, 15) is 4.79 Å². The molecule has 0 saturated heterocycles. The first-order chi connectivity index (χ1) is 12.4. The number of rotatable bonds is 3. The van der Waals surface area contributed by atoms with Gasteiger partial charge in [-0.15, -0.1) is 0 Å². The minimum Gasteiger partial charge on any atom is -0.364 e. The van der Waals surface area contributed by atoms with Gasteiger partial charge in [0.05, 0.1) is 6.10 Å². The first-order valence-corrected chi connectivity index (χ1v) is 10.7. The molecule has 7 atom stereocenters. The van der Waals surface area contributed by atoms with Gasteiger partial charge in [-0.2, -0.15) is 0 Å². The number of hydrogen-bond donors (Lipinski definition) is 2. The van der Waals surface area contributed by atoms with E-state index in [-0.39, 0.29) is 18.6 Å². The summed E-state index contributed by atoms with van der Waals surface area (Å²) in [4.78, 5) is 11.4. The second-order valence-corrected chi connectivity index (χ2v) is 10.0. The second kappa shape index (κ2) is 6.63. The molecule has 3 saturated carbocycles. The molecule has 0 radical (unpaired) electrons. The molecule has 3 N–H and O–H groups in total. The zero-order valence-electron chi connectivity index (χ0n) is 16.7. The fourth-order valence-corrected chi connectivity index (χ4v) is 7.32. The summed E-state index contributed by atoms with van der Waals surface area (Å²) in [7, 11) is 0. The normalized spacial score (nSPS) is 47.4. The van der Waals surface area contributed by atoms with E-state index in [0.29, 0.717) is 10.8 Å². The van der Waals surface area contributed by atoms with E-state index in [2.05, 4.69) is 32.3 Å². The molecular formula is C22H36N2O2. The molecule has 26 heavy (non-hydrogen) atoms. The number of ether oxygens (including phenoxy) is 1. The third kappa shape index (κ3) is 2.75. The summed E-state index contributed by atoms with van der Waals surface area (Å²) < 4.78 is 5.80. The van der Waals surface area contributed by atoms with Gasteiger partial charge in [0.2, 0.25) is 0 Å². The number of hydrazine groups is 1. The number of allylic oxidation sites excluding steroid dienone is 1. The first-order valence-electron chi connectivity index (χ1n) is 10.7. The number of nitrogens with two attached hydrogens (primary N) is 1. The molecule has 0 aromatic carbocycles. The number of carbonyl (C=O) groups excluding carboxylic acids is 1. The quantitative estimate of drug-likeness (QED) is 0.346. The minimum atomic E-state index is -0.248. The van der Waals surface area contributed by atoms with E-state index >= 15 is 0 Å². The summed E-state index contributed by atoms with van der Waals surface area (Å²) in [5.41, 5.74) is 4.70. The SMILES string of the molecule is CC1CCC2C3CCC4=C[C@H](OCC(=O)NN)CCC4(C)C3CCC12C. The molecule has 4 rings (SSSR count). The Balaban J connectivity index is 1.51. The van der Waals surface area contributed by atoms with Crippen molar-refractivity contribution >= 4 is 5.91 Å². The Hall–Kier alpha value is -0.870. The summed E-state index contributed by atoms with van der Waals surface area (Å²) in [6.07, 6.45) is 12.9. The van der Waals surface area contributed by atoms with E-state index in [4.69, 9.17) is 10.6 Å². The maximum absolute atomic E-state index is 11.4. The third-order valence-electron chi connectivity index (χ3n) is 9.13. The molecule has 0 aromatic rings. The molecule has 0 spiro atoms. The highest BCUT2D eigenvalue weighted by atomic mass is 16.5. The van der Waals surface area contributed by atoms with Crippen molar-refractivity contribution in [3.8, 4) is 0 Å². The van der Waals surface area contributed by atoms with Gasteiger partial charge in [-0.05, 0) is 85.9 Å². The Kier molecular flexibility index (Phi) is 4.71. The number of nitrogens with one attached hydrogen (secondary N) is 1. The third-order valence-corrected chi connectivity index (χ3v) is 9.13. The molecule has 4 heteroatoms. The first kappa shape index (κ1) is 18.5. The fourth-order valence-electron chi connectivity index (χ4n) is 7.32. The number of hydrogen-bond acceptors (Lipinski definition) is 3. The van der Waals surface area contributed by atoms with Crippen LogP contribution in [0.15, 0.2) is 11.6 Å². The largest absolute Gasteiger partial charge is 0.364 e. The maximum Gasteiger partial charge on any atom is 0.259 e. The van der Waals surface area contributed by atoms with Gasteiger partial charge in [0, 0.05) is 0 Å². The van der Waals surface area contributed by atoms with Gasteiger partial charge < -0.3 is 4.74 Å². The molecular weight excluding hydrogens is 324 g/mol. The lowest BCUT2D eigenvalue weighted by Crippen LogP contribution is -2.50. The zero-order valence-corrected chi connectivity index (χ0v) is 16.7. The summed E-state index contributed by atoms with van der Waals surface area (Å²) >= 11 is 0. The monoisotopic (exact) mass is 360 g/mol. The Morgan fingerprint density at radius 3 is 2.77 bits per heavy atom. The molecule has 3 fully saturated rings. The van der Waals surface area contributed by atoms with Crippen LogP contribution in [0.4, 0.5) is 0 Å². The lowest BCUT2D eigenvalue weighted by molar-refractivity contribution is -0.127. The molecule has 0 heterocycles. The van der Waals surface area contributed by atoms with Crippen molar-refractivity contribution in [3.63, 3.8) is 0 Å². The van der Waals surface area contributed by atoms with Crippen LogP contribution in [0.3, 0.4) is 0 Å². The van der Waals surface area contributed by atoms with E-state index in [0.717, 1.165) is 30.1 Å². The van der Waals surface area contributed by atoms with Gasteiger partial charge in [0.25, 0.3) is 5.91 Å².